The average Bonchev–Trinajstić information content (AvgIpc) is 2.38. The smallest absolute Gasteiger partial charge is 0.165 e. The number of rotatable bonds is 5. The molecule has 3 nitrogen and oxygen atoms in total. The molecule has 0 saturated heterocycles. The normalized spacial score (nSPS) is 18.3. The topological polar surface area (TPSA) is 35.5 Å². The highest BCUT2D eigenvalue weighted by atomic mass is 16.5. The van der Waals surface area contributed by atoms with Gasteiger partial charge in [0.05, 0.1) is 12.5 Å². The van der Waals surface area contributed by atoms with Crippen molar-refractivity contribution in [1.29, 1.82) is 0 Å². The molecule has 0 bridgehead atoms. The SMILES string of the molecule is CCCOCC(=O)C1COc2ccccc2C1. The molecule has 0 N–H and O–H groups in total. The number of hydrogen-bond donors (Lipinski definition) is 0. The van der Waals surface area contributed by atoms with Crippen LogP contribution in [0.3, 0.4) is 0 Å². The molecule has 3 heteroatoms. The maximum absolute atomic E-state index is 11.9. The Labute approximate surface area is 102 Å². The third-order valence-electron chi connectivity index (χ3n) is 2.93. The Bertz CT molecular complexity index is 387. The Morgan fingerprint density at radius 2 is 2.29 bits per heavy atom. The van der Waals surface area contributed by atoms with Crippen molar-refractivity contribution < 1.29 is 14.3 Å². The molecule has 1 aliphatic heterocycles. The zero-order valence-corrected chi connectivity index (χ0v) is 10.1. The van der Waals surface area contributed by atoms with Gasteiger partial charge in [-0.1, -0.05) is 25.1 Å². The first-order valence-electron chi connectivity index (χ1n) is 6.12. The molecule has 1 aromatic carbocycles. The number of ether oxygens (including phenoxy) is 2. The molecule has 92 valence electrons. The highest BCUT2D eigenvalue weighted by Gasteiger charge is 2.25. The lowest BCUT2D eigenvalue weighted by Crippen LogP contribution is -2.30. The van der Waals surface area contributed by atoms with Crippen molar-refractivity contribution in [2.45, 2.75) is 19.8 Å². The van der Waals surface area contributed by atoms with E-state index < -0.39 is 0 Å². The molecule has 1 aromatic rings. The number of ketones is 1. The molecule has 0 fully saturated rings. The molecule has 0 radical (unpaired) electrons. The summed E-state index contributed by atoms with van der Waals surface area (Å²) in [5, 5.41) is 0. The van der Waals surface area contributed by atoms with Gasteiger partial charge in [-0.15, -0.1) is 0 Å². The van der Waals surface area contributed by atoms with Gasteiger partial charge in [0.1, 0.15) is 12.4 Å². The number of Topliss-reactive ketones (excluding diaryl/α,β-unsaturated/α-hetero) is 1. The van der Waals surface area contributed by atoms with E-state index in [1.165, 1.54) is 0 Å². The number of hydrogen-bond acceptors (Lipinski definition) is 3. The number of para-hydroxylation sites is 1. The van der Waals surface area contributed by atoms with E-state index in [0.717, 1.165) is 24.2 Å². The minimum atomic E-state index is -0.0539. The van der Waals surface area contributed by atoms with E-state index in [9.17, 15) is 4.79 Å². The fourth-order valence-corrected chi connectivity index (χ4v) is 1.97. The van der Waals surface area contributed by atoms with Gasteiger partial charge in [-0.25, -0.2) is 0 Å². The molecule has 1 atom stereocenters. The number of carbonyl (C=O) groups is 1. The molecular formula is C14H18O3. The van der Waals surface area contributed by atoms with E-state index in [1.54, 1.807) is 0 Å². The van der Waals surface area contributed by atoms with Gasteiger partial charge in [0.2, 0.25) is 0 Å². The molecule has 0 amide bonds. The number of fused-ring (bicyclic) bond motifs is 1. The van der Waals surface area contributed by atoms with Gasteiger partial charge >= 0.3 is 0 Å². The third kappa shape index (κ3) is 3.07. The molecule has 0 aliphatic carbocycles. The average molecular weight is 234 g/mol. The van der Waals surface area contributed by atoms with Crippen LogP contribution in [0.25, 0.3) is 0 Å². The van der Waals surface area contributed by atoms with Gasteiger partial charge in [0, 0.05) is 6.61 Å². The van der Waals surface area contributed by atoms with E-state index in [2.05, 4.69) is 0 Å². The molecule has 17 heavy (non-hydrogen) atoms. The summed E-state index contributed by atoms with van der Waals surface area (Å²) < 4.78 is 10.9. The summed E-state index contributed by atoms with van der Waals surface area (Å²) in [6.45, 7) is 3.37. The van der Waals surface area contributed by atoms with Gasteiger partial charge in [0.15, 0.2) is 5.78 Å². The first kappa shape index (κ1) is 12.1. The Morgan fingerprint density at radius 3 is 3.12 bits per heavy atom. The van der Waals surface area contributed by atoms with Crippen molar-refractivity contribution in [1.82, 2.24) is 0 Å². The van der Waals surface area contributed by atoms with Crippen LogP contribution in [0.5, 0.6) is 5.75 Å². The van der Waals surface area contributed by atoms with Crippen molar-refractivity contribution >= 4 is 5.78 Å². The lowest BCUT2D eigenvalue weighted by molar-refractivity contribution is -0.128. The zero-order valence-electron chi connectivity index (χ0n) is 10.1. The lowest BCUT2D eigenvalue weighted by Gasteiger charge is -2.24. The van der Waals surface area contributed by atoms with Gasteiger partial charge in [-0.2, -0.15) is 0 Å². The molecule has 1 heterocycles. The van der Waals surface area contributed by atoms with Crippen molar-refractivity contribution in [3.05, 3.63) is 29.8 Å². The molecule has 0 aromatic heterocycles. The van der Waals surface area contributed by atoms with Crippen LogP contribution in [0.2, 0.25) is 0 Å². The predicted octanol–water partition coefficient (Wildman–Crippen LogP) is 2.23. The summed E-state index contributed by atoms with van der Waals surface area (Å²) in [5.41, 5.74) is 1.12. The Hall–Kier alpha value is -1.35. The standard InChI is InChI=1S/C14H18O3/c1-2-7-16-10-13(15)12-8-11-5-3-4-6-14(11)17-9-12/h3-6,12H,2,7-10H2,1H3. The molecule has 0 spiro atoms. The van der Waals surface area contributed by atoms with Crippen LogP contribution in [0, 0.1) is 5.92 Å². The highest BCUT2D eigenvalue weighted by Crippen LogP contribution is 2.27. The van der Waals surface area contributed by atoms with Crippen molar-refractivity contribution in [3.63, 3.8) is 0 Å². The fraction of sp³-hybridized carbons (Fsp3) is 0.500. The van der Waals surface area contributed by atoms with E-state index in [0.29, 0.717) is 13.2 Å². The summed E-state index contributed by atoms with van der Waals surface area (Å²) >= 11 is 0. The van der Waals surface area contributed by atoms with Crippen LogP contribution < -0.4 is 4.74 Å². The largest absolute Gasteiger partial charge is 0.493 e. The van der Waals surface area contributed by atoms with E-state index >= 15 is 0 Å². The second-order valence-corrected chi connectivity index (χ2v) is 4.34. The predicted molar refractivity (Wildman–Crippen MR) is 65.2 cm³/mol. The monoisotopic (exact) mass is 234 g/mol. The van der Waals surface area contributed by atoms with Crippen molar-refractivity contribution in [3.8, 4) is 5.75 Å². The van der Waals surface area contributed by atoms with E-state index in [4.69, 9.17) is 9.47 Å². The molecule has 2 rings (SSSR count). The van der Waals surface area contributed by atoms with E-state index in [1.807, 2.05) is 31.2 Å². The first-order chi connectivity index (χ1) is 8.31. The maximum Gasteiger partial charge on any atom is 0.165 e. The molecule has 1 unspecified atom stereocenters. The Kier molecular flexibility index (Phi) is 4.15. The molecule has 0 saturated carbocycles. The number of benzene rings is 1. The molecular weight excluding hydrogens is 216 g/mol. The van der Waals surface area contributed by atoms with Gasteiger partial charge in [-0.3, -0.25) is 4.79 Å². The Balaban J connectivity index is 1.91. The summed E-state index contributed by atoms with van der Waals surface area (Å²) in [4.78, 5) is 11.9. The van der Waals surface area contributed by atoms with Crippen LogP contribution in [0.15, 0.2) is 24.3 Å². The van der Waals surface area contributed by atoms with Crippen LogP contribution in [-0.2, 0) is 16.0 Å². The van der Waals surface area contributed by atoms with Crippen molar-refractivity contribution in [2.75, 3.05) is 19.8 Å². The minimum Gasteiger partial charge on any atom is -0.493 e. The third-order valence-corrected chi connectivity index (χ3v) is 2.93. The zero-order chi connectivity index (χ0) is 12.1. The fourth-order valence-electron chi connectivity index (χ4n) is 1.97. The lowest BCUT2D eigenvalue weighted by atomic mass is 9.93. The summed E-state index contributed by atoms with van der Waals surface area (Å²) in [7, 11) is 0. The van der Waals surface area contributed by atoms with Gasteiger partial charge in [-0.05, 0) is 24.5 Å². The summed E-state index contributed by atoms with van der Waals surface area (Å²) in [5.74, 6) is 1.00. The number of carbonyl (C=O) groups excluding carboxylic acids is 1. The van der Waals surface area contributed by atoms with Gasteiger partial charge in [0.25, 0.3) is 0 Å². The Morgan fingerprint density at radius 1 is 1.47 bits per heavy atom. The minimum absolute atomic E-state index is 0.0539. The maximum atomic E-state index is 11.9. The van der Waals surface area contributed by atoms with Crippen LogP contribution in [0.4, 0.5) is 0 Å². The van der Waals surface area contributed by atoms with Crippen LogP contribution in [-0.4, -0.2) is 25.6 Å². The van der Waals surface area contributed by atoms with Crippen LogP contribution >= 0.6 is 0 Å². The van der Waals surface area contributed by atoms with Crippen molar-refractivity contribution in [2.24, 2.45) is 5.92 Å². The first-order valence-corrected chi connectivity index (χ1v) is 6.12. The second kappa shape index (κ2) is 5.82. The van der Waals surface area contributed by atoms with Crippen LogP contribution in [0.1, 0.15) is 18.9 Å². The highest BCUT2D eigenvalue weighted by molar-refractivity contribution is 5.83. The summed E-state index contributed by atoms with van der Waals surface area (Å²) in [6, 6.07) is 7.89. The molecule has 1 aliphatic rings. The van der Waals surface area contributed by atoms with Gasteiger partial charge < -0.3 is 9.47 Å². The second-order valence-electron chi connectivity index (χ2n) is 4.34. The van der Waals surface area contributed by atoms with E-state index in [-0.39, 0.29) is 18.3 Å². The quantitative estimate of drug-likeness (QED) is 0.733. The summed E-state index contributed by atoms with van der Waals surface area (Å²) in [6.07, 6.45) is 1.71.